The number of hydrogen-bond donors (Lipinski definition) is 5. The minimum Gasteiger partial charge on any atom is -0.870 e. The van der Waals surface area contributed by atoms with Gasteiger partial charge in [-0.2, -0.15) is 20.5 Å². The number of ether oxygens (including phenoxy) is 4. The topological polar surface area (TPSA) is 298 Å². The number of nitriles is 2. The molecule has 6 aromatic rings. The molecule has 6 aliphatic heterocycles. The summed E-state index contributed by atoms with van der Waals surface area (Å²) >= 11 is 0. The van der Waals surface area contributed by atoms with Crippen LogP contribution in [0.15, 0.2) is 60.7 Å². The maximum Gasteiger partial charge on any atom is 1.00 e. The van der Waals surface area contributed by atoms with Crippen LogP contribution >= 0.6 is 0 Å². The monoisotopic (exact) mass is 1090 g/mol. The average Bonchev–Trinajstić information content (AvgIpc) is 3.57. The summed E-state index contributed by atoms with van der Waals surface area (Å²) in [5.41, 5.74) is 15.8. The minimum atomic E-state index is -0.654. The Kier molecular flexibility index (Phi) is 21.6. The molecule has 0 spiro atoms. The van der Waals surface area contributed by atoms with Gasteiger partial charge >= 0.3 is 18.9 Å². The van der Waals surface area contributed by atoms with E-state index in [0.717, 1.165) is 56.4 Å². The number of methoxy groups -OCH3 is 4. The number of piperazine rings is 2. The summed E-state index contributed by atoms with van der Waals surface area (Å²) in [7, 11) is 5.64. The molecule has 6 fully saturated rings. The van der Waals surface area contributed by atoms with Crippen molar-refractivity contribution in [2.45, 2.75) is 88.6 Å². The second kappa shape index (κ2) is 28.0. The molecule has 24 heteroatoms. The smallest absolute Gasteiger partial charge is 0.870 e. The first-order valence-corrected chi connectivity index (χ1v) is 25.9. The summed E-state index contributed by atoms with van der Waals surface area (Å²) in [5, 5.41) is 28.6. The van der Waals surface area contributed by atoms with E-state index in [2.05, 4.69) is 52.9 Å². The average molecular weight is 1090 g/mol. The summed E-state index contributed by atoms with van der Waals surface area (Å²) in [5.74, 6) is 0.518. The summed E-state index contributed by atoms with van der Waals surface area (Å²) < 4.78 is 50.9. The molecule has 21 nitrogen and oxygen atoms in total. The third-order valence-electron chi connectivity index (χ3n) is 14.8. The molecule has 0 saturated carbocycles. The third-order valence-corrected chi connectivity index (χ3v) is 14.8. The van der Waals surface area contributed by atoms with Crippen LogP contribution in [0.25, 0.3) is 21.8 Å². The van der Waals surface area contributed by atoms with Crippen LogP contribution in [0.3, 0.4) is 0 Å². The fourth-order valence-corrected chi connectivity index (χ4v) is 10.7. The van der Waals surface area contributed by atoms with Gasteiger partial charge in [0.25, 0.3) is 0 Å². The number of fused-ring (bicyclic) bond motifs is 8. The van der Waals surface area contributed by atoms with Crippen molar-refractivity contribution < 1.29 is 61.7 Å². The van der Waals surface area contributed by atoms with Crippen LogP contribution in [0.1, 0.15) is 86.7 Å². The van der Waals surface area contributed by atoms with Gasteiger partial charge < -0.3 is 71.3 Å². The largest absolute Gasteiger partial charge is 1.00 e. The van der Waals surface area contributed by atoms with E-state index in [1.165, 1.54) is 28.4 Å². The number of benzene rings is 4. The van der Waals surface area contributed by atoms with Crippen molar-refractivity contribution in [1.29, 1.82) is 10.5 Å². The fraction of sp³-hybridized carbons (Fsp3) is 0.429. The number of piperidine rings is 4. The first-order valence-electron chi connectivity index (χ1n) is 25.9. The van der Waals surface area contributed by atoms with E-state index in [4.69, 9.17) is 40.9 Å². The molecular formula is C56H66F2LiN14O7-. The van der Waals surface area contributed by atoms with Crippen molar-refractivity contribution in [3.05, 3.63) is 94.6 Å². The van der Waals surface area contributed by atoms with Crippen LogP contribution < -0.4 is 75.0 Å². The zero-order valence-electron chi connectivity index (χ0n) is 46.1. The van der Waals surface area contributed by atoms with Crippen LogP contribution in [0.2, 0.25) is 0 Å². The Morgan fingerprint density at radius 3 is 1.59 bits per heavy atom. The molecule has 2 aromatic heterocycles. The van der Waals surface area contributed by atoms with Crippen molar-refractivity contribution in [3.63, 3.8) is 0 Å². The predicted octanol–water partition coefficient (Wildman–Crippen LogP) is 3.01. The van der Waals surface area contributed by atoms with Gasteiger partial charge in [0.15, 0.2) is 34.6 Å². The van der Waals surface area contributed by atoms with Crippen LogP contribution in [-0.4, -0.2) is 134 Å². The molecule has 418 valence electrons. The molecule has 4 unspecified atom stereocenters. The molecule has 12 rings (SSSR count). The number of nitrogens with one attached hydrogen (secondary N) is 3. The first-order chi connectivity index (χ1) is 37.8. The van der Waals surface area contributed by atoms with Gasteiger partial charge in [0.1, 0.15) is 22.7 Å². The first kappa shape index (κ1) is 61.6. The Morgan fingerprint density at radius 2 is 1.19 bits per heavy atom. The molecule has 0 radical (unpaired) electrons. The molecule has 80 heavy (non-hydrogen) atoms. The number of anilines is 4. The van der Waals surface area contributed by atoms with Crippen molar-refractivity contribution in [1.82, 2.24) is 40.8 Å². The quantitative estimate of drug-likeness (QED) is 0.0687. The van der Waals surface area contributed by atoms with E-state index in [0.29, 0.717) is 78.4 Å². The van der Waals surface area contributed by atoms with Crippen molar-refractivity contribution in [2.75, 3.05) is 89.0 Å². The zero-order chi connectivity index (χ0) is 55.6. The second-order valence-corrected chi connectivity index (χ2v) is 19.3. The molecule has 6 saturated heterocycles. The van der Waals surface area contributed by atoms with Gasteiger partial charge in [-0.05, 0) is 86.3 Å². The standard InChI is InChI=1S/C28H32FN7O3.C16H20FN5O2.C12H13N2O.Li.H2O/c1-4-32-21(17-7-5-16(13-30)6-8-17)12-23(37)35-14-19-10-9-18(35)15-36(19)28-33-25-20(27(31)34-28)11-22(38-2)26(39-3)24(25)29;1-23-11-5-10-13(12(17)14(11)24-2)20-16(21-15(10)18)22-7-8-3-4-9(22)6-19-8;1-2-14-12(7-8-15)11-5-3-10(9-13)4-6-11;;/h5-8,11,18-19,21,32H,4,9-10,12,14-15H2,1-3H3,(H2,31,33,34);5,8-9,19H,3-4,6-7H2,1-2H3,(H2,18,20,21);3-6,12,14H,2,7H2,1H3;;1H2/q;;-1;+1;/p-1/t18?,19?,21-;;12-;;/m1.1../s1. The summed E-state index contributed by atoms with van der Waals surface area (Å²) in [6.07, 6.45) is 6.51. The predicted molar refractivity (Wildman–Crippen MR) is 294 cm³/mol. The van der Waals surface area contributed by atoms with Gasteiger partial charge in [-0.25, -0.2) is 18.7 Å². The Labute approximate surface area is 475 Å². The second-order valence-electron chi connectivity index (χ2n) is 19.3. The molecule has 6 atom stereocenters. The third kappa shape index (κ3) is 13.2. The van der Waals surface area contributed by atoms with Gasteiger partial charge in [0.2, 0.25) is 17.8 Å². The number of hydrogen-bond acceptors (Lipinski definition) is 20. The molecular weight excluding hydrogens is 1030 g/mol. The number of amides is 1. The van der Waals surface area contributed by atoms with Crippen molar-refractivity contribution >= 4 is 57.5 Å². The molecule has 1 amide bonds. The van der Waals surface area contributed by atoms with Crippen molar-refractivity contribution in [3.8, 4) is 35.1 Å². The Bertz CT molecular complexity index is 3200. The van der Waals surface area contributed by atoms with Crippen LogP contribution in [0.4, 0.5) is 32.3 Å². The van der Waals surface area contributed by atoms with E-state index in [9.17, 15) is 14.0 Å². The zero-order valence-corrected chi connectivity index (χ0v) is 46.1. The maximum atomic E-state index is 15.3. The van der Waals surface area contributed by atoms with Gasteiger partial charge in [-0.1, -0.05) is 38.1 Å². The molecule has 0 aliphatic carbocycles. The summed E-state index contributed by atoms with van der Waals surface area (Å²) in [4.78, 5) is 47.9. The van der Waals surface area contributed by atoms with Crippen LogP contribution in [0.5, 0.6) is 23.0 Å². The van der Waals surface area contributed by atoms with Crippen LogP contribution in [0, 0.1) is 34.3 Å². The van der Waals surface area contributed by atoms with Gasteiger partial charge in [0, 0.05) is 79.6 Å². The minimum absolute atomic E-state index is 0. The van der Waals surface area contributed by atoms with E-state index in [1.54, 1.807) is 36.4 Å². The fourth-order valence-electron chi connectivity index (χ4n) is 10.7. The van der Waals surface area contributed by atoms with Crippen molar-refractivity contribution in [2.24, 2.45) is 0 Å². The van der Waals surface area contributed by atoms with Crippen LogP contribution in [-0.2, 0) is 9.59 Å². The number of nitrogens with two attached hydrogens (primary N) is 2. The summed E-state index contributed by atoms with van der Waals surface area (Å²) in [6.45, 7) is 8.28. The maximum absolute atomic E-state index is 15.3. The number of nitrogens with zero attached hydrogens (tertiary/aromatic N) is 9. The van der Waals surface area contributed by atoms with E-state index in [-0.39, 0.29) is 100 Å². The van der Waals surface area contributed by atoms with E-state index >= 15 is 4.39 Å². The molecule has 8 heterocycles. The summed E-state index contributed by atoms with van der Waals surface area (Å²) in [6, 6.07) is 22.5. The normalized spacial score (nSPS) is 18.4. The van der Waals surface area contributed by atoms with Gasteiger partial charge in [0.05, 0.1) is 51.7 Å². The molecule has 8 N–H and O–H groups in total. The molecule has 6 aliphatic rings. The van der Waals surface area contributed by atoms with Gasteiger partial charge in [-0.15, -0.1) is 6.42 Å². The number of carbonyl (C=O) groups is 1. The molecule has 4 aromatic carbocycles. The van der Waals surface area contributed by atoms with E-state index in [1.807, 2.05) is 54.2 Å². The number of nitrogen functional groups attached to an aromatic ring is 2. The number of halogens is 2. The Balaban J connectivity index is 0.000000214. The number of rotatable bonds is 16. The molecule has 4 bridgehead atoms. The Hall–Kier alpha value is -7.62. The van der Waals surface area contributed by atoms with Gasteiger partial charge in [-0.3, -0.25) is 11.1 Å². The number of aromatic nitrogens is 4. The number of carbonyl (C=O) groups excluding carboxylic acids is 2. The van der Waals surface area contributed by atoms with E-state index < -0.39 is 11.6 Å². The Morgan fingerprint density at radius 1 is 0.713 bits per heavy atom. The SMILES string of the molecule is CCN[C@H](CC(=O)N1CC2CCC1CN2c1nc(N)c2cc(OC)c(OC)c(F)c2n1)c1ccc(C#N)cc1.CCN[C@H](C[C-]=O)c1ccc(C#N)cc1.COc1cc2c(N)nc(N3CC4CCC3CN4)nc2c(F)c1OC.[Li+].[OH-].